The summed E-state index contributed by atoms with van der Waals surface area (Å²) in [4.78, 5) is 0. The summed E-state index contributed by atoms with van der Waals surface area (Å²) in [6.07, 6.45) is 4.18. The fourth-order valence-corrected chi connectivity index (χ4v) is 1.81. The Labute approximate surface area is 81.3 Å². The van der Waals surface area contributed by atoms with Crippen LogP contribution in [-0.4, -0.2) is 24.4 Å². The van der Waals surface area contributed by atoms with E-state index in [1.165, 1.54) is 0 Å². The Balaban J connectivity index is 2.17. The van der Waals surface area contributed by atoms with E-state index in [2.05, 4.69) is 13.8 Å². The minimum absolute atomic E-state index is 0.136. The normalized spacial score (nSPS) is 26.3. The Morgan fingerprint density at radius 1 is 1.38 bits per heavy atom. The highest BCUT2D eigenvalue weighted by atomic mass is 16.5. The van der Waals surface area contributed by atoms with E-state index in [-0.39, 0.29) is 6.10 Å². The number of hydrogen-bond donors (Lipinski definition) is 1. The molecule has 1 aliphatic rings. The van der Waals surface area contributed by atoms with E-state index in [4.69, 9.17) is 4.74 Å². The van der Waals surface area contributed by atoms with Gasteiger partial charge < -0.3 is 9.84 Å². The molecular weight excluding hydrogens is 164 g/mol. The van der Waals surface area contributed by atoms with E-state index in [9.17, 15) is 5.11 Å². The molecule has 2 nitrogen and oxygen atoms in total. The Kier molecular flexibility index (Phi) is 4.74. The van der Waals surface area contributed by atoms with Crippen LogP contribution in [0.5, 0.6) is 0 Å². The van der Waals surface area contributed by atoms with Crippen LogP contribution in [0, 0.1) is 11.8 Å². The van der Waals surface area contributed by atoms with Crippen molar-refractivity contribution in [2.24, 2.45) is 11.8 Å². The average molecular weight is 186 g/mol. The lowest BCUT2D eigenvalue weighted by atomic mass is 9.91. The van der Waals surface area contributed by atoms with Crippen molar-refractivity contribution in [3.8, 4) is 0 Å². The largest absolute Gasteiger partial charge is 0.393 e. The molecule has 0 bridgehead atoms. The van der Waals surface area contributed by atoms with Crippen molar-refractivity contribution in [3.63, 3.8) is 0 Å². The average Bonchev–Trinajstić information content (AvgIpc) is 2.15. The lowest BCUT2D eigenvalue weighted by molar-refractivity contribution is -0.0135. The zero-order chi connectivity index (χ0) is 9.68. The maximum Gasteiger partial charge on any atom is 0.0590 e. The highest BCUT2D eigenvalue weighted by Gasteiger charge is 2.21. The van der Waals surface area contributed by atoms with Crippen molar-refractivity contribution in [2.75, 3.05) is 13.2 Å². The fourth-order valence-electron chi connectivity index (χ4n) is 1.81. The fraction of sp³-hybridized carbons (Fsp3) is 1.00. The molecular formula is C11H22O2. The summed E-state index contributed by atoms with van der Waals surface area (Å²) in [5, 5.41) is 9.84. The summed E-state index contributed by atoms with van der Waals surface area (Å²) < 4.78 is 5.35. The van der Waals surface area contributed by atoms with E-state index >= 15 is 0 Å². The molecule has 2 unspecified atom stereocenters. The van der Waals surface area contributed by atoms with Crippen LogP contribution in [0.3, 0.4) is 0 Å². The topological polar surface area (TPSA) is 29.5 Å². The zero-order valence-electron chi connectivity index (χ0n) is 8.83. The van der Waals surface area contributed by atoms with Gasteiger partial charge in [0.25, 0.3) is 0 Å². The molecule has 1 fully saturated rings. The van der Waals surface area contributed by atoms with Crippen LogP contribution in [0.4, 0.5) is 0 Å². The second-order valence-corrected chi connectivity index (χ2v) is 4.52. The standard InChI is InChI=1S/C11H22O2/c1-9(2)5-6-11(12)10-4-3-7-13-8-10/h9-12H,3-8H2,1-2H3. The summed E-state index contributed by atoms with van der Waals surface area (Å²) in [5.74, 6) is 1.09. The first-order valence-electron chi connectivity index (χ1n) is 5.46. The highest BCUT2D eigenvalue weighted by Crippen LogP contribution is 2.21. The predicted molar refractivity (Wildman–Crippen MR) is 53.6 cm³/mol. The number of aliphatic hydroxyl groups is 1. The first-order valence-corrected chi connectivity index (χ1v) is 5.46. The molecule has 1 rings (SSSR count). The summed E-state index contributed by atoms with van der Waals surface area (Å²) in [6, 6.07) is 0. The molecule has 0 spiro atoms. The third-order valence-corrected chi connectivity index (χ3v) is 2.78. The molecule has 0 aromatic rings. The van der Waals surface area contributed by atoms with Gasteiger partial charge in [-0.15, -0.1) is 0 Å². The Morgan fingerprint density at radius 3 is 2.69 bits per heavy atom. The lowest BCUT2D eigenvalue weighted by Crippen LogP contribution is -2.29. The Hall–Kier alpha value is -0.0800. The van der Waals surface area contributed by atoms with Gasteiger partial charge in [0.05, 0.1) is 12.7 Å². The first-order chi connectivity index (χ1) is 6.20. The van der Waals surface area contributed by atoms with Crippen LogP contribution in [-0.2, 0) is 4.74 Å². The van der Waals surface area contributed by atoms with Gasteiger partial charge in [-0.1, -0.05) is 13.8 Å². The van der Waals surface area contributed by atoms with E-state index in [1.54, 1.807) is 0 Å². The molecule has 1 saturated heterocycles. The molecule has 0 aromatic heterocycles. The summed E-state index contributed by atoms with van der Waals surface area (Å²) in [6.45, 7) is 6.04. The van der Waals surface area contributed by atoms with E-state index in [0.717, 1.165) is 38.9 Å². The summed E-state index contributed by atoms with van der Waals surface area (Å²) in [7, 11) is 0. The van der Waals surface area contributed by atoms with Gasteiger partial charge in [-0.2, -0.15) is 0 Å². The third kappa shape index (κ3) is 4.10. The molecule has 78 valence electrons. The molecule has 1 N–H and O–H groups in total. The summed E-state index contributed by atoms with van der Waals surface area (Å²) >= 11 is 0. The van der Waals surface area contributed by atoms with Crippen molar-refractivity contribution >= 4 is 0 Å². The smallest absolute Gasteiger partial charge is 0.0590 e. The molecule has 0 saturated carbocycles. The number of rotatable bonds is 4. The van der Waals surface area contributed by atoms with Crippen LogP contribution in [0.15, 0.2) is 0 Å². The minimum Gasteiger partial charge on any atom is -0.393 e. The van der Waals surface area contributed by atoms with Crippen molar-refractivity contribution in [1.29, 1.82) is 0 Å². The highest BCUT2D eigenvalue weighted by molar-refractivity contribution is 4.71. The van der Waals surface area contributed by atoms with Crippen molar-refractivity contribution in [2.45, 2.75) is 45.6 Å². The van der Waals surface area contributed by atoms with Gasteiger partial charge in [0.2, 0.25) is 0 Å². The van der Waals surface area contributed by atoms with Gasteiger partial charge in [-0.3, -0.25) is 0 Å². The molecule has 0 amide bonds. The number of ether oxygens (including phenoxy) is 1. The molecule has 0 aromatic carbocycles. The molecule has 2 atom stereocenters. The van der Waals surface area contributed by atoms with Gasteiger partial charge in [0.1, 0.15) is 0 Å². The van der Waals surface area contributed by atoms with Crippen LogP contribution >= 0.6 is 0 Å². The predicted octanol–water partition coefficient (Wildman–Crippen LogP) is 2.21. The lowest BCUT2D eigenvalue weighted by Gasteiger charge is -2.27. The van der Waals surface area contributed by atoms with Crippen LogP contribution in [0.1, 0.15) is 39.5 Å². The Bertz CT molecular complexity index is 128. The van der Waals surface area contributed by atoms with Crippen molar-refractivity contribution in [1.82, 2.24) is 0 Å². The first kappa shape index (κ1) is 11.0. The van der Waals surface area contributed by atoms with Gasteiger partial charge in [0.15, 0.2) is 0 Å². The minimum atomic E-state index is -0.136. The molecule has 2 heteroatoms. The van der Waals surface area contributed by atoms with Gasteiger partial charge in [-0.05, 0) is 31.6 Å². The molecule has 1 heterocycles. The third-order valence-electron chi connectivity index (χ3n) is 2.78. The second kappa shape index (κ2) is 5.61. The molecule has 0 aliphatic carbocycles. The number of hydrogen-bond acceptors (Lipinski definition) is 2. The quantitative estimate of drug-likeness (QED) is 0.729. The molecule has 1 aliphatic heterocycles. The Morgan fingerprint density at radius 2 is 2.15 bits per heavy atom. The van der Waals surface area contributed by atoms with Crippen LogP contribution in [0.25, 0.3) is 0 Å². The SMILES string of the molecule is CC(C)CCC(O)C1CCCOC1. The monoisotopic (exact) mass is 186 g/mol. The van der Waals surface area contributed by atoms with Crippen molar-refractivity contribution in [3.05, 3.63) is 0 Å². The maximum absolute atomic E-state index is 9.84. The van der Waals surface area contributed by atoms with Crippen molar-refractivity contribution < 1.29 is 9.84 Å². The molecule has 13 heavy (non-hydrogen) atoms. The van der Waals surface area contributed by atoms with Crippen LogP contribution < -0.4 is 0 Å². The van der Waals surface area contributed by atoms with E-state index in [0.29, 0.717) is 11.8 Å². The zero-order valence-corrected chi connectivity index (χ0v) is 8.83. The number of aliphatic hydroxyl groups excluding tert-OH is 1. The summed E-state index contributed by atoms with van der Waals surface area (Å²) in [5.41, 5.74) is 0. The van der Waals surface area contributed by atoms with E-state index < -0.39 is 0 Å². The molecule has 0 radical (unpaired) electrons. The van der Waals surface area contributed by atoms with Gasteiger partial charge in [-0.25, -0.2) is 0 Å². The van der Waals surface area contributed by atoms with Gasteiger partial charge in [0, 0.05) is 12.5 Å². The van der Waals surface area contributed by atoms with Gasteiger partial charge >= 0.3 is 0 Å². The maximum atomic E-state index is 9.84. The second-order valence-electron chi connectivity index (χ2n) is 4.52. The van der Waals surface area contributed by atoms with E-state index in [1.807, 2.05) is 0 Å². The van der Waals surface area contributed by atoms with Crippen LogP contribution in [0.2, 0.25) is 0 Å².